The van der Waals surface area contributed by atoms with Crippen molar-refractivity contribution in [3.05, 3.63) is 73.8 Å². The number of nitrogens with one attached hydrogen (secondary N) is 1. The van der Waals surface area contributed by atoms with Crippen LogP contribution in [-0.4, -0.2) is 27.2 Å². The van der Waals surface area contributed by atoms with Crippen LogP contribution in [0.25, 0.3) is 0 Å². The minimum atomic E-state index is -0.741. The second-order valence-electron chi connectivity index (χ2n) is 5.45. The Morgan fingerprint density at radius 2 is 1.90 bits per heavy atom. The summed E-state index contributed by atoms with van der Waals surface area (Å²) in [5.41, 5.74) is 3.34. The van der Waals surface area contributed by atoms with E-state index in [9.17, 15) is 14.3 Å². The number of aromatic nitrogens is 2. The van der Waals surface area contributed by atoms with E-state index in [1.807, 2.05) is 0 Å². The zero-order valence-electron chi connectivity index (χ0n) is 14.2. The lowest BCUT2D eigenvalue weighted by Crippen LogP contribution is -2.17. The van der Waals surface area contributed by atoms with Crippen molar-refractivity contribution in [3.63, 3.8) is 0 Å². The number of carbonyl (C=O) groups excluding carboxylic acids is 1. The van der Waals surface area contributed by atoms with Crippen LogP contribution in [0.2, 0.25) is 5.28 Å². The molecule has 0 saturated carbocycles. The molecule has 7 nitrogen and oxygen atoms in total. The SMILES string of the molecule is O=C(N/N=C\c1ccc(Oc2nc(Cl)ncc2F)cc1)c1cc(Br)c(O)c(Br)c1. The average Bonchev–Trinajstić information content (AvgIpc) is 2.69. The zero-order valence-corrected chi connectivity index (χ0v) is 18.2. The molecule has 2 N–H and O–H groups in total. The second kappa shape index (κ2) is 9.29. The Hall–Kier alpha value is -2.56. The van der Waals surface area contributed by atoms with Gasteiger partial charge in [-0.1, -0.05) is 0 Å². The van der Waals surface area contributed by atoms with Gasteiger partial charge in [0.25, 0.3) is 11.8 Å². The van der Waals surface area contributed by atoms with E-state index >= 15 is 0 Å². The van der Waals surface area contributed by atoms with Crippen LogP contribution in [0.1, 0.15) is 15.9 Å². The van der Waals surface area contributed by atoms with Gasteiger partial charge in [-0.05, 0) is 85.4 Å². The average molecular weight is 545 g/mol. The van der Waals surface area contributed by atoms with E-state index in [0.29, 0.717) is 25.8 Å². The van der Waals surface area contributed by atoms with Crippen molar-refractivity contribution >= 4 is 55.6 Å². The van der Waals surface area contributed by atoms with Crippen LogP contribution >= 0.6 is 43.5 Å². The third kappa shape index (κ3) is 5.49. The van der Waals surface area contributed by atoms with Crippen LogP contribution in [0.3, 0.4) is 0 Å². The molecule has 0 unspecified atom stereocenters. The summed E-state index contributed by atoms with van der Waals surface area (Å²) in [6.45, 7) is 0. The Labute approximate surface area is 185 Å². The van der Waals surface area contributed by atoms with E-state index in [-0.39, 0.29) is 16.9 Å². The van der Waals surface area contributed by atoms with Gasteiger partial charge in [0.1, 0.15) is 11.5 Å². The van der Waals surface area contributed by atoms with Gasteiger partial charge >= 0.3 is 0 Å². The maximum atomic E-state index is 13.6. The molecule has 29 heavy (non-hydrogen) atoms. The van der Waals surface area contributed by atoms with Crippen LogP contribution in [0, 0.1) is 5.82 Å². The first-order chi connectivity index (χ1) is 13.8. The molecule has 2 aromatic carbocycles. The normalized spacial score (nSPS) is 10.9. The topological polar surface area (TPSA) is 96.7 Å². The molecule has 0 fully saturated rings. The van der Waals surface area contributed by atoms with Crippen LogP contribution in [0.5, 0.6) is 17.4 Å². The molecule has 0 spiro atoms. The fourth-order valence-corrected chi connectivity index (χ4v) is 3.37. The summed E-state index contributed by atoms with van der Waals surface area (Å²) < 4.78 is 19.7. The third-order valence-electron chi connectivity index (χ3n) is 3.44. The summed E-state index contributed by atoms with van der Waals surface area (Å²) in [6.07, 6.45) is 2.34. The van der Waals surface area contributed by atoms with Gasteiger partial charge in [-0.15, -0.1) is 0 Å². The number of aromatic hydroxyl groups is 1. The van der Waals surface area contributed by atoms with Gasteiger partial charge in [-0.2, -0.15) is 14.5 Å². The molecule has 0 aliphatic heterocycles. The predicted molar refractivity (Wildman–Crippen MR) is 112 cm³/mol. The number of phenolic OH excluding ortho intramolecular Hbond substituents is 1. The van der Waals surface area contributed by atoms with Gasteiger partial charge in [0, 0.05) is 5.56 Å². The number of nitrogens with zero attached hydrogens (tertiary/aromatic N) is 3. The number of carbonyl (C=O) groups is 1. The van der Waals surface area contributed by atoms with E-state index in [0.717, 1.165) is 6.20 Å². The zero-order chi connectivity index (χ0) is 21.0. The molecular formula is C18H10Br2ClFN4O3. The largest absolute Gasteiger partial charge is 0.506 e. The van der Waals surface area contributed by atoms with E-state index in [1.54, 1.807) is 24.3 Å². The van der Waals surface area contributed by atoms with Crippen LogP contribution in [-0.2, 0) is 0 Å². The van der Waals surface area contributed by atoms with Crippen LogP contribution in [0.15, 0.2) is 56.6 Å². The van der Waals surface area contributed by atoms with Gasteiger partial charge in [0.15, 0.2) is 0 Å². The Bertz CT molecular complexity index is 1070. The van der Waals surface area contributed by atoms with Gasteiger partial charge in [0.05, 0.1) is 21.4 Å². The lowest BCUT2D eigenvalue weighted by atomic mass is 10.2. The van der Waals surface area contributed by atoms with Crippen LogP contribution < -0.4 is 10.2 Å². The highest BCUT2D eigenvalue weighted by molar-refractivity contribution is 9.11. The van der Waals surface area contributed by atoms with Crippen molar-refractivity contribution in [3.8, 4) is 17.4 Å². The number of rotatable bonds is 5. The van der Waals surface area contributed by atoms with Crippen LogP contribution in [0.4, 0.5) is 4.39 Å². The summed E-state index contributed by atoms with van der Waals surface area (Å²) >= 11 is 11.9. The molecule has 0 aliphatic carbocycles. The highest BCUT2D eigenvalue weighted by Gasteiger charge is 2.11. The van der Waals surface area contributed by atoms with Crippen molar-refractivity contribution in [2.75, 3.05) is 0 Å². The Kier molecular flexibility index (Phi) is 6.78. The van der Waals surface area contributed by atoms with E-state index in [4.69, 9.17) is 16.3 Å². The van der Waals surface area contributed by atoms with Crippen molar-refractivity contribution in [1.82, 2.24) is 15.4 Å². The van der Waals surface area contributed by atoms with Crippen molar-refractivity contribution in [2.45, 2.75) is 0 Å². The number of ether oxygens (including phenoxy) is 1. The molecule has 0 radical (unpaired) electrons. The molecule has 0 aliphatic rings. The summed E-state index contributed by atoms with van der Waals surface area (Å²) in [5.74, 6) is -1.16. The van der Waals surface area contributed by atoms with Crippen molar-refractivity contribution in [1.29, 1.82) is 0 Å². The first kappa shape index (κ1) is 21.2. The smallest absolute Gasteiger partial charge is 0.271 e. The number of halogens is 4. The second-order valence-corrected chi connectivity index (χ2v) is 7.50. The Morgan fingerprint density at radius 3 is 2.55 bits per heavy atom. The van der Waals surface area contributed by atoms with E-state index in [1.165, 1.54) is 18.3 Å². The molecule has 0 bridgehead atoms. The molecule has 148 valence electrons. The first-order valence-electron chi connectivity index (χ1n) is 7.81. The number of amides is 1. The highest BCUT2D eigenvalue weighted by atomic mass is 79.9. The third-order valence-corrected chi connectivity index (χ3v) is 4.83. The number of hydrogen-bond acceptors (Lipinski definition) is 6. The highest BCUT2D eigenvalue weighted by Crippen LogP contribution is 2.33. The van der Waals surface area contributed by atoms with E-state index in [2.05, 4.69) is 52.4 Å². The van der Waals surface area contributed by atoms with E-state index < -0.39 is 11.7 Å². The Morgan fingerprint density at radius 1 is 1.24 bits per heavy atom. The van der Waals surface area contributed by atoms with Gasteiger partial charge in [-0.25, -0.2) is 10.4 Å². The molecule has 0 atom stereocenters. The quantitative estimate of drug-likeness (QED) is 0.266. The number of hydrazone groups is 1. The minimum absolute atomic E-state index is 0.00326. The first-order valence-corrected chi connectivity index (χ1v) is 9.77. The number of benzene rings is 2. The van der Waals surface area contributed by atoms with Gasteiger partial charge in [0.2, 0.25) is 11.1 Å². The van der Waals surface area contributed by atoms with Crippen molar-refractivity contribution in [2.24, 2.45) is 5.10 Å². The monoisotopic (exact) mass is 542 g/mol. The molecule has 0 saturated heterocycles. The number of hydrogen-bond donors (Lipinski definition) is 2. The molecular weight excluding hydrogens is 534 g/mol. The molecule has 3 aromatic rings. The lowest BCUT2D eigenvalue weighted by Gasteiger charge is -2.06. The predicted octanol–water partition coefficient (Wildman–Crippen LogP) is 5.06. The minimum Gasteiger partial charge on any atom is -0.506 e. The van der Waals surface area contributed by atoms with Gasteiger partial charge in [-0.3, -0.25) is 4.79 Å². The summed E-state index contributed by atoms with van der Waals surface area (Å²) in [7, 11) is 0. The molecule has 1 heterocycles. The van der Waals surface area contributed by atoms with Gasteiger partial charge < -0.3 is 9.84 Å². The summed E-state index contributed by atoms with van der Waals surface area (Å²) in [6, 6.07) is 9.39. The fraction of sp³-hybridized carbons (Fsp3) is 0. The fourth-order valence-electron chi connectivity index (χ4n) is 2.06. The van der Waals surface area contributed by atoms with Crippen molar-refractivity contribution < 1.29 is 19.0 Å². The maximum Gasteiger partial charge on any atom is 0.271 e. The molecule has 11 heteroatoms. The molecule has 1 amide bonds. The summed E-state index contributed by atoms with van der Waals surface area (Å²) in [5, 5.41) is 13.4. The number of phenols is 1. The summed E-state index contributed by atoms with van der Waals surface area (Å²) in [4.78, 5) is 19.3. The molecule has 3 rings (SSSR count). The standard InChI is InChI=1S/C18H10Br2ClFN4O3/c19-12-5-10(6-13(20)15(12)27)16(28)26-24-7-9-1-3-11(4-2-9)29-17-14(22)8-23-18(21)25-17/h1-8,27H,(H,26,28)/b24-7-. The lowest BCUT2D eigenvalue weighted by molar-refractivity contribution is 0.0955. The molecule has 1 aromatic heterocycles. The Balaban J connectivity index is 1.63. The maximum absolute atomic E-state index is 13.6.